The standard InChI is InChI=1S/C13H18BFN2O4/c1-12(2)13(3,4)21-14(20-12)11(16)9-7-8(17(18)19)5-6-10(9)15/h5-7,11H,16H2,1-4H3/t11-/m0/s1. The zero-order chi connectivity index (χ0) is 16.0. The Labute approximate surface area is 122 Å². The van der Waals surface area contributed by atoms with Gasteiger partial charge in [-0.05, 0) is 33.8 Å². The van der Waals surface area contributed by atoms with E-state index in [1.54, 1.807) is 0 Å². The first-order chi connectivity index (χ1) is 9.55. The van der Waals surface area contributed by atoms with Crippen molar-refractivity contribution in [3.05, 3.63) is 39.7 Å². The van der Waals surface area contributed by atoms with Gasteiger partial charge in [0, 0.05) is 17.7 Å². The van der Waals surface area contributed by atoms with Crippen molar-refractivity contribution >= 4 is 12.8 Å². The Morgan fingerprint density at radius 2 is 1.81 bits per heavy atom. The minimum atomic E-state index is -0.953. The van der Waals surface area contributed by atoms with Crippen molar-refractivity contribution in [1.82, 2.24) is 0 Å². The van der Waals surface area contributed by atoms with Crippen LogP contribution in [0.3, 0.4) is 0 Å². The zero-order valence-corrected chi connectivity index (χ0v) is 12.4. The smallest absolute Gasteiger partial charge is 0.402 e. The van der Waals surface area contributed by atoms with Crippen molar-refractivity contribution in [1.29, 1.82) is 0 Å². The minimum absolute atomic E-state index is 0.00250. The second-order valence-corrected chi connectivity index (χ2v) is 6.11. The Balaban J connectivity index is 2.31. The highest BCUT2D eigenvalue weighted by Gasteiger charge is 2.53. The Kier molecular flexibility index (Phi) is 3.81. The van der Waals surface area contributed by atoms with E-state index in [1.807, 2.05) is 27.7 Å². The molecule has 0 amide bonds. The molecule has 1 atom stereocenters. The van der Waals surface area contributed by atoms with Gasteiger partial charge in [0.1, 0.15) is 5.82 Å². The van der Waals surface area contributed by atoms with Gasteiger partial charge in [-0.25, -0.2) is 4.39 Å². The molecule has 0 aromatic heterocycles. The van der Waals surface area contributed by atoms with Gasteiger partial charge in [-0.1, -0.05) is 0 Å². The number of rotatable bonds is 3. The molecule has 1 aromatic carbocycles. The second-order valence-electron chi connectivity index (χ2n) is 6.11. The summed E-state index contributed by atoms with van der Waals surface area (Å²) >= 11 is 0. The first kappa shape index (κ1) is 15.9. The highest BCUT2D eigenvalue weighted by Crippen LogP contribution is 2.40. The van der Waals surface area contributed by atoms with Gasteiger partial charge in [0.05, 0.1) is 22.1 Å². The molecule has 0 unspecified atom stereocenters. The van der Waals surface area contributed by atoms with Crippen LogP contribution in [0.1, 0.15) is 39.2 Å². The summed E-state index contributed by atoms with van der Waals surface area (Å²) in [6, 6.07) is 3.24. The van der Waals surface area contributed by atoms with Crippen LogP contribution in [0.15, 0.2) is 18.2 Å². The number of nitro groups is 1. The van der Waals surface area contributed by atoms with Crippen molar-refractivity contribution in [3.63, 3.8) is 0 Å². The van der Waals surface area contributed by atoms with Gasteiger partial charge in [0.25, 0.3) is 5.69 Å². The monoisotopic (exact) mass is 296 g/mol. The SMILES string of the molecule is CC1(C)OB([C@@H](N)c2cc([N+](=O)[O-])ccc2F)OC1(C)C. The highest BCUT2D eigenvalue weighted by molar-refractivity contribution is 6.47. The van der Waals surface area contributed by atoms with Gasteiger partial charge in [-0.15, -0.1) is 0 Å². The van der Waals surface area contributed by atoms with Gasteiger partial charge in [0.2, 0.25) is 0 Å². The van der Waals surface area contributed by atoms with E-state index in [1.165, 1.54) is 0 Å². The Bertz CT molecular complexity index is 563. The summed E-state index contributed by atoms with van der Waals surface area (Å²) in [6.07, 6.45) is 0. The van der Waals surface area contributed by atoms with E-state index >= 15 is 0 Å². The van der Waals surface area contributed by atoms with Crippen LogP contribution in [-0.2, 0) is 9.31 Å². The van der Waals surface area contributed by atoms with Gasteiger partial charge < -0.3 is 15.0 Å². The minimum Gasteiger partial charge on any atom is -0.402 e. The molecule has 0 spiro atoms. The molecule has 1 aliphatic heterocycles. The van der Waals surface area contributed by atoms with Crippen molar-refractivity contribution in [2.45, 2.75) is 44.8 Å². The molecule has 8 heteroatoms. The number of hydrogen-bond acceptors (Lipinski definition) is 5. The summed E-state index contributed by atoms with van der Waals surface area (Å²) in [5, 5.41) is 10.8. The molecule has 1 saturated heterocycles. The number of nitro benzene ring substituents is 1. The number of hydrogen-bond donors (Lipinski definition) is 1. The van der Waals surface area contributed by atoms with Gasteiger partial charge in [-0.3, -0.25) is 10.1 Å². The summed E-state index contributed by atoms with van der Waals surface area (Å²) in [5.74, 6) is -1.58. The lowest BCUT2D eigenvalue weighted by atomic mass is 9.74. The van der Waals surface area contributed by atoms with Crippen LogP contribution >= 0.6 is 0 Å². The lowest BCUT2D eigenvalue weighted by Gasteiger charge is -2.32. The van der Waals surface area contributed by atoms with Crippen LogP contribution < -0.4 is 5.73 Å². The number of benzene rings is 1. The van der Waals surface area contributed by atoms with Crippen molar-refractivity contribution in [2.75, 3.05) is 0 Å². The quantitative estimate of drug-likeness (QED) is 0.525. The van der Waals surface area contributed by atoms with Crippen LogP contribution in [0, 0.1) is 15.9 Å². The molecule has 2 N–H and O–H groups in total. The first-order valence-corrected chi connectivity index (χ1v) is 6.60. The van der Waals surface area contributed by atoms with E-state index in [2.05, 4.69) is 0 Å². The van der Waals surface area contributed by atoms with Crippen LogP contribution in [0.2, 0.25) is 0 Å². The molecule has 6 nitrogen and oxygen atoms in total. The van der Waals surface area contributed by atoms with Crippen LogP contribution in [0.25, 0.3) is 0 Å². The van der Waals surface area contributed by atoms with Gasteiger partial charge in [0.15, 0.2) is 0 Å². The Morgan fingerprint density at radius 3 is 2.29 bits per heavy atom. The summed E-state index contributed by atoms with van der Waals surface area (Å²) in [4.78, 5) is 10.2. The number of nitrogens with two attached hydrogens (primary N) is 1. The lowest BCUT2D eigenvalue weighted by Crippen LogP contribution is -2.41. The average molecular weight is 296 g/mol. The maximum absolute atomic E-state index is 13.9. The molecule has 0 radical (unpaired) electrons. The Hall–Kier alpha value is -1.51. The summed E-state index contributed by atoms with van der Waals surface area (Å²) in [7, 11) is -0.869. The van der Waals surface area contributed by atoms with E-state index in [-0.39, 0.29) is 11.3 Å². The fraction of sp³-hybridized carbons (Fsp3) is 0.538. The molecule has 0 bridgehead atoms. The topological polar surface area (TPSA) is 87.6 Å². The van der Waals surface area contributed by atoms with E-state index in [0.29, 0.717) is 0 Å². The molecule has 1 aliphatic rings. The largest absolute Gasteiger partial charge is 0.480 e. The van der Waals surface area contributed by atoms with Crippen molar-refractivity contribution < 1.29 is 18.6 Å². The number of halogens is 1. The van der Waals surface area contributed by atoms with E-state index in [9.17, 15) is 14.5 Å². The lowest BCUT2D eigenvalue weighted by molar-refractivity contribution is -0.385. The molecule has 0 aliphatic carbocycles. The van der Waals surface area contributed by atoms with Crippen LogP contribution in [-0.4, -0.2) is 23.2 Å². The number of non-ortho nitro benzene ring substituents is 1. The third-order valence-corrected chi connectivity index (χ3v) is 4.11. The van der Waals surface area contributed by atoms with E-state index in [4.69, 9.17) is 15.0 Å². The number of nitrogens with zero attached hydrogens (tertiary/aromatic N) is 1. The molecule has 2 rings (SSSR count). The molecule has 1 aromatic rings. The molecule has 0 saturated carbocycles. The molecule has 21 heavy (non-hydrogen) atoms. The van der Waals surface area contributed by atoms with E-state index < -0.39 is 35.0 Å². The molecular weight excluding hydrogens is 278 g/mol. The fourth-order valence-electron chi connectivity index (χ4n) is 2.08. The summed E-state index contributed by atoms with van der Waals surface area (Å²) in [5.41, 5.74) is 4.57. The highest BCUT2D eigenvalue weighted by atomic mass is 19.1. The fourth-order valence-corrected chi connectivity index (χ4v) is 2.08. The molecule has 1 fully saturated rings. The van der Waals surface area contributed by atoms with Gasteiger partial charge >= 0.3 is 7.12 Å². The molecule has 114 valence electrons. The third kappa shape index (κ3) is 2.79. The normalized spacial score (nSPS) is 21.3. The molecule has 1 heterocycles. The van der Waals surface area contributed by atoms with E-state index in [0.717, 1.165) is 18.2 Å². The Morgan fingerprint density at radius 1 is 1.29 bits per heavy atom. The average Bonchev–Trinajstić information content (AvgIpc) is 2.58. The maximum Gasteiger partial charge on any atom is 0.480 e. The summed E-state index contributed by atoms with van der Waals surface area (Å²) in [6.45, 7) is 7.40. The zero-order valence-electron chi connectivity index (χ0n) is 12.4. The van der Waals surface area contributed by atoms with Gasteiger partial charge in [-0.2, -0.15) is 0 Å². The predicted molar refractivity (Wildman–Crippen MR) is 76.1 cm³/mol. The van der Waals surface area contributed by atoms with Crippen molar-refractivity contribution in [3.8, 4) is 0 Å². The predicted octanol–water partition coefficient (Wildman–Crippen LogP) is 2.37. The first-order valence-electron chi connectivity index (χ1n) is 6.60. The second kappa shape index (κ2) is 5.05. The maximum atomic E-state index is 13.9. The van der Waals surface area contributed by atoms with Crippen LogP contribution in [0.4, 0.5) is 10.1 Å². The van der Waals surface area contributed by atoms with Crippen LogP contribution in [0.5, 0.6) is 0 Å². The molecular formula is C13H18BFN2O4. The third-order valence-electron chi connectivity index (χ3n) is 4.11. The summed E-state index contributed by atoms with van der Waals surface area (Å²) < 4.78 is 25.4. The van der Waals surface area contributed by atoms with Crippen molar-refractivity contribution in [2.24, 2.45) is 5.73 Å².